The van der Waals surface area contributed by atoms with Gasteiger partial charge in [-0.2, -0.15) is 0 Å². The van der Waals surface area contributed by atoms with E-state index < -0.39 is 6.17 Å². The Morgan fingerprint density at radius 2 is 2.35 bits per heavy atom. The predicted octanol–water partition coefficient (Wildman–Crippen LogP) is 2.90. The van der Waals surface area contributed by atoms with Crippen molar-refractivity contribution in [2.24, 2.45) is 9.98 Å². The SMILES string of the molecule is C=CC1=NC(CC(=O)OC)n2c(cc3c(F)cccc32)C1=NC. The van der Waals surface area contributed by atoms with Gasteiger partial charge in [-0.15, -0.1) is 0 Å². The van der Waals surface area contributed by atoms with Crippen LogP contribution >= 0.6 is 0 Å². The summed E-state index contributed by atoms with van der Waals surface area (Å²) in [6, 6.07) is 6.57. The maximum Gasteiger partial charge on any atom is 0.309 e. The molecule has 1 atom stereocenters. The number of methoxy groups -OCH3 is 1. The van der Waals surface area contributed by atoms with Crippen LogP contribution in [0, 0.1) is 5.82 Å². The first kappa shape index (κ1) is 15.1. The summed E-state index contributed by atoms with van der Waals surface area (Å²) in [5.41, 5.74) is 2.59. The molecule has 1 aromatic heterocycles. The van der Waals surface area contributed by atoms with Crippen molar-refractivity contribution >= 4 is 28.3 Å². The molecule has 0 N–H and O–H groups in total. The molecule has 0 fully saturated rings. The van der Waals surface area contributed by atoms with Gasteiger partial charge in [0.25, 0.3) is 0 Å². The molecule has 118 valence electrons. The van der Waals surface area contributed by atoms with Gasteiger partial charge >= 0.3 is 5.97 Å². The molecule has 0 saturated heterocycles. The molecule has 2 aromatic rings. The lowest BCUT2D eigenvalue weighted by Crippen LogP contribution is -2.28. The molecule has 0 aliphatic carbocycles. The quantitative estimate of drug-likeness (QED) is 0.818. The third-order valence-electron chi connectivity index (χ3n) is 3.90. The lowest BCUT2D eigenvalue weighted by molar-refractivity contribution is -0.141. The van der Waals surface area contributed by atoms with Crippen molar-refractivity contribution in [2.75, 3.05) is 14.2 Å². The summed E-state index contributed by atoms with van der Waals surface area (Å²) in [6.07, 6.45) is 1.12. The van der Waals surface area contributed by atoms with E-state index in [4.69, 9.17) is 4.74 Å². The highest BCUT2D eigenvalue weighted by molar-refractivity contribution is 6.52. The molecule has 6 heteroatoms. The minimum absolute atomic E-state index is 0.0537. The lowest BCUT2D eigenvalue weighted by Gasteiger charge is -2.24. The van der Waals surface area contributed by atoms with Crippen LogP contribution in [0.15, 0.2) is 46.9 Å². The summed E-state index contributed by atoms with van der Waals surface area (Å²) < 4.78 is 20.7. The molecule has 5 nitrogen and oxygen atoms in total. The van der Waals surface area contributed by atoms with Gasteiger partial charge in [-0.05, 0) is 24.3 Å². The number of carbonyl (C=O) groups is 1. The van der Waals surface area contributed by atoms with Crippen LogP contribution in [0.3, 0.4) is 0 Å². The average Bonchev–Trinajstić information content (AvgIpc) is 2.95. The second-order valence-corrected chi connectivity index (χ2v) is 5.12. The zero-order valence-electron chi connectivity index (χ0n) is 12.9. The number of carbonyl (C=O) groups excluding carboxylic acids is 1. The smallest absolute Gasteiger partial charge is 0.309 e. The first-order chi connectivity index (χ1) is 11.1. The largest absolute Gasteiger partial charge is 0.469 e. The van der Waals surface area contributed by atoms with E-state index in [1.54, 1.807) is 31.3 Å². The Bertz CT molecular complexity index is 864. The summed E-state index contributed by atoms with van der Waals surface area (Å²) in [7, 11) is 2.98. The van der Waals surface area contributed by atoms with Gasteiger partial charge in [-0.25, -0.2) is 4.39 Å². The Labute approximate surface area is 132 Å². The maximum atomic E-state index is 14.1. The monoisotopic (exact) mass is 313 g/mol. The van der Waals surface area contributed by atoms with Crippen LogP contribution < -0.4 is 0 Å². The molecule has 1 aliphatic heterocycles. The van der Waals surface area contributed by atoms with Crippen molar-refractivity contribution in [2.45, 2.75) is 12.6 Å². The molecule has 3 rings (SSSR count). The van der Waals surface area contributed by atoms with Crippen molar-refractivity contribution < 1.29 is 13.9 Å². The van der Waals surface area contributed by atoms with Gasteiger partial charge in [-0.1, -0.05) is 12.6 Å². The molecule has 0 bridgehead atoms. The molecule has 0 radical (unpaired) electrons. The van der Waals surface area contributed by atoms with Crippen LogP contribution in [0.2, 0.25) is 0 Å². The van der Waals surface area contributed by atoms with Crippen LogP contribution in [0.25, 0.3) is 10.9 Å². The highest BCUT2D eigenvalue weighted by atomic mass is 19.1. The fraction of sp³-hybridized carbons (Fsp3) is 0.235. The highest BCUT2D eigenvalue weighted by Gasteiger charge is 2.29. The fourth-order valence-electron chi connectivity index (χ4n) is 2.88. The fourth-order valence-corrected chi connectivity index (χ4v) is 2.88. The predicted molar refractivity (Wildman–Crippen MR) is 87.7 cm³/mol. The van der Waals surface area contributed by atoms with Gasteiger partial charge in [-0.3, -0.25) is 14.8 Å². The highest BCUT2D eigenvalue weighted by Crippen LogP contribution is 2.32. The number of allylic oxidation sites excluding steroid dienone is 1. The molecular formula is C17H16FN3O2. The Kier molecular flexibility index (Phi) is 3.82. The van der Waals surface area contributed by atoms with E-state index in [2.05, 4.69) is 16.6 Å². The van der Waals surface area contributed by atoms with Crippen LogP contribution in [0.4, 0.5) is 4.39 Å². The minimum atomic E-state index is -0.518. The van der Waals surface area contributed by atoms with E-state index in [-0.39, 0.29) is 18.2 Å². The number of fused-ring (bicyclic) bond motifs is 3. The van der Waals surface area contributed by atoms with E-state index in [0.717, 1.165) is 0 Å². The van der Waals surface area contributed by atoms with Crippen LogP contribution in [-0.2, 0) is 9.53 Å². The second kappa shape index (κ2) is 5.79. The Morgan fingerprint density at radius 3 is 3.00 bits per heavy atom. The first-order valence-corrected chi connectivity index (χ1v) is 7.14. The van der Waals surface area contributed by atoms with E-state index in [0.29, 0.717) is 28.0 Å². The van der Waals surface area contributed by atoms with Crippen molar-refractivity contribution in [1.29, 1.82) is 0 Å². The molecule has 1 aliphatic rings. The molecule has 1 aromatic carbocycles. The number of hydrogen-bond donors (Lipinski definition) is 0. The summed E-state index contributed by atoms with van der Waals surface area (Å²) in [5.74, 6) is -0.708. The number of nitrogens with zero attached hydrogens (tertiary/aromatic N) is 3. The minimum Gasteiger partial charge on any atom is -0.469 e. The molecule has 0 saturated carbocycles. The van der Waals surface area contributed by atoms with Crippen molar-refractivity contribution in [3.8, 4) is 0 Å². The van der Waals surface area contributed by atoms with Crippen LogP contribution in [-0.4, -0.2) is 36.1 Å². The van der Waals surface area contributed by atoms with E-state index >= 15 is 0 Å². The van der Waals surface area contributed by atoms with Gasteiger partial charge in [0, 0.05) is 12.4 Å². The van der Waals surface area contributed by atoms with Gasteiger partial charge in [0.1, 0.15) is 17.7 Å². The zero-order chi connectivity index (χ0) is 16.6. The number of ether oxygens (including phenoxy) is 1. The Hall–Kier alpha value is -2.76. The number of aromatic nitrogens is 1. The van der Waals surface area contributed by atoms with Crippen molar-refractivity contribution in [3.05, 3.63) is 48.4 Å². The molecular weight excluding hydrogens is 297 g/mol. The molecule has 1 unspecified atom stereocenters. The van der Waals surface area contributed by atoms with Crippen molar-refractivity contribution in [3.63, 3.8) is 0 Å². The number of aliphatic imine (C=N–C) groups is 2. The van der Waals surface area contributed by atoms with E-state index in [1.165, 1.54) is 13.2 Å². The third kappa shape index (κ3) is 2.36. The van der Waals surface area contributed by atoms with Gasteiger partial charge < -0.3 is 9.30 Å². The van der Waals surface area contributed by atoms with Gasteiger partial charge in [0.2, 0.25) is 0 Å². The second-order valence-electron chi connectivity index (χ2n) is 5.12. The number of rotatable bonds is 3. The Balaban J connectivity index is 2.28. The standard InChI is InChI=1S/C17H16FN3O2/c1-4-12-17(19-2)14-8-10-11(18)6-5-7-13(10)21(14)15(20-12)9-16(22)23-3/h4-8,15H,1,9H2,2-3H3. The summed E-state index contributed by atoms with van der Waals surface area (Å²) in [4.78, 5) is 20.5. The van der Waals surface area contributed by atoms with Gasteiger partial charge in [0.15, 0.2) is 0 Å². The number of esters is 1. The topological polar surface area (TPSA) is 55.9 Å². The van der Waals surface area contributed by atoms with E-state index in [1.807, 2.05) is 4.57 Å². The molecule has 23 heavy (non-hydrogen) atoms. The van der Waals surface area contributed by atoms with E-state index in [9.17, 15) is 9.18 Å². The Morgan fingerprint density at radius 1 is 1.57 bits per heavy atom. The number of benzene rings is 1. The van der Waals surface area contributed by atoms with Gasteiger partial charge in [0.05, 0.1) is 30.5 Å². The molecule has 0 amide bonds. The normalized spacial score (nSPS) is 18.7. The first-order valence-electron chi connectivity index (χ1n) is 7.14. The molecule has 0 spiro atoms. The lowest BCUT2D eigenvalue weighted by atomic mass is 10.1. The number of hydrogen-bond acceptors (Lipinski definition) is 4. The van der Waals surface area contributed by atoms with Crippen molar-refractivity contribution in [1.82, 2.24) is 4.57 Å². The molecule has 2 heterocycles. The summed E-state index contributed by atoms with van der Waals surface area (Å²) in [5, 5.41) is 0.471. The van der Waals surface area contributed by atoms with Crippen LogP contribution in [0.1, 0.15) is 18.3 Å². The number of halogens is 1. The third-order valence-corrected chi connectivity index (χ3v) is 3.90. The zero-order valence-corrected chi connectivity index (χ0v) is 12.9. The summed E-state index contributed by atoms with van der Waals surface area (Å²) in [6.45, 7) is 3.75. The maximum absolute atomic E-state index is 14.1. The summed E-state index contributed by atoms with van der Waals surface area (Å²) >= 11 is 0. The van der Waals surface area contributed by atoms with Crippen LogP contribution in [0.5, 0.6) is 0 Å². The average molecular weight is 313 g/mol.